The van der Waals surface area contributed by atoms with E-state index >= 15 is 0 Å². The molecule has 0 spiro atoms. The van der Waals surface area contributed by atoms with Crippen LogP contribution in [0.15, 0.2) is 41.6 Å². The van der Waals surface area contributed by atoms with Gasteiger partial charge in [-0.05, 0) is 37.3 Å². The summed E-state index contributed by atoms with van der Waals surface area (Å²) in [4.78, 5) is 31.7. The minimum absolute atomic E-state index is 0.0391. The third-order valence-electron chi connectivity index (χ3n) is 3.26. The summed E-state index contributed by atoms with van der Waals surface area (Å²) < 4.78 is 6.37. The monoisotopic (exact) mass is 389 g/mol. The van der Waals surface area contributed by atoms with Gasteiger partial charge in [-0.25, -0.2) is 14.8 Å². The summed E-state index contributed by atoms with van der Waals surface area (Å²) in [6, 6.07) is 8.56. The SMILES string of the molecule is CCOc1ccc2nc(NC(=O)CSc3ncccc3C(=O)O)sc2c1. The number of nitrogens with zero attached hydrogens (tertiary/aromatic N) is 2. The number of carbonyl (C=O) groups is 2. The number of amides is 1. The molecule has 2 aromatic heterocycles. The van der Waals surface area contributed by atoms with E-state index in [0.717, 1.165) is 27.7 Å². The van der Waals surface area contributed by atoms with Crippen molar-refractivity contribution in [1.82, 2.24) is 9.97 Å². The minimum Gasteiger partial charge on any atom is -0.494 e. The molecule has 0 aliphatic heterocycles. The van der Waals surface area contributed by atoms with Crippen molar-refractivity contribution in [2.24, 2.45) is 0 Å². The molecule has 0 bridgehead atoms. The zero-order valence-corrected chi connectivity index (χ0v) is 15.4. The molecule has 0 atom stereocenters. The number of hydrogen-bond acceptors (Lipinski definition) is 7. The highest BCUT2D eigenvalue weighted by Crippen LogP contribution is 2.29. The number of fused-ring (bicyclic) bond motifs is 1. The smallest absolute Gasteiger partial charge is 0.338 e. The van der Waals surface area contributed by atoms with Crippen LogP contribution in [0.1, 0.15) is 17.3 Å². The summed E-state index contributed by atoms with van der Waals surface area (Å²) in [5.74, 6) is -0.552. The van der Waals surface area contributed by atoms with Crippen molar-refractivity contribution >= 4 is 50.3 Å². The van der Waals surface area contributed by atoms with Crippen molar-refractivity contribution in [1.29, 1.82) is 0 Å². The molecule has 3 rings (SSSR count). The number of nitrogens with one attached hydrogen (secondary N) is 1. The van der Waals surface area contributed by atoms with E-state index in [4.69, 9.17) is 9.84 Å². The number of aromatic carboxylic acids is 1. The second-order valence-corrected chi connectivity index (χ2v) is 7.07. The average molecular weight is 389 g/mol. The molecule has 0 aliphatic rings. The largest absolute Gasteiger partial charge is 0.494 e. The molecule has 3 aromatic rings. The molecule has 1 amide bonds. The van der Waals surface area contributed by atoms with Crippen LogP contribution in [0.2, 0.25) is 0 Å². The van der Waals surface area contributed by atoms with Crippen LogP contribution in [-0.2, 0) is 4.79 Å². The first kappa shape index (κ1) is 18.2. The van der Waals surface area contributed by atoms with Gasteiger partial charge in [0.1, 0.15) is 10.8 Å². The van der Waals surface area contributed by atoms with Crippen LogP contribution in [0.25, 0.3) is 10.2 Å². The summed E-state index contributed by atoms with van der Waals surface area (Å²) in [6.45, 7) is 2.49. The van der Waals surface area contributed by atoms with Crippen LogP contribution in [0.5, 0.6) is 5.75 Å². The third kappa shape index (κ3) is 4.30. The molecule has 7 nitrogen and oxygen atoms in total. The number of thiazole rings is 1. The Labute approximate surface area is 157 Å². The molecule has 9 heteroatoms. The summed E-state index contributed by atoms with van der Waals surface area (Å²) in [7, 11) is 0. The van der Waals surface area contributed by atoms with E-state index < -0.39 is 5.97 Å². The van der Waals surface area contributed by atoms with Gasteiger partial charge in [0.15, 0.2) is 5.13 Å². The number of benzene rings is 1. The number of carboxylic acids is 1. The first-order chi connectivity index (χ1) is 12.6. The third-order valence-corrected chi connectivity index (χ3v) is 5.20. The Morgan fingerprint density at radius 1 is 1.35 bits per heavy atom. The Kier molecular flexibility index (Phi) is 5.69. The molecule has 2 heterocycles. The van der Waals surface area contributed by atoms with Crippen molar-refractivity contribution in [3.63, 3.8) is 0 Å². The van der Waals surface area contributed by atoms with E-state index in [0.29, 0.717) is 16.8 Å². The van der Waals surface area contributed by atoms with Crippen molar-refractivity contribution in [2.75, 3.05) is 17.7 Å². The Morgan fingerprint density at radius 2 is 2.19 bits per heavy atom. The van der Waals surface area contributed by atoms with Gasteiger partial charge in [0, 0.05) is 6.20 Å². The number of carbonyl (C=O) groups excluding carboxylic acids is 1. The van der Waals surface area contributed by atoms with Gasteiger partial charge < -0.3 is 15.2 Å². The van der Waals surface area contributed by atoms with Gasteiger partial charge in [-0.3, -0.25) is 4.79 Å². The number of hydrogen-bond donors (Lipinski definition) is 2. The molecule has 0 unspecified atom stereocenters. The van der Waals surface area contributed by atoms with Crippen LogP contribution in [-0.4, -0.2) is 39.3 Å². The normalized spacial score (nSPS) is 10.7. The average Bonchev–Trinajstić information content (AvgIpc) is 3.01. The molecule has 2 N–H and O–H groups in total. The van der Waals surface area contributed by atoms with E-state index in [9.17, 15) is 9.59 Å². The standard InChI is InChI=1S/C17H15N3O4S2/c1-2-24-10-5-6-12-13(8-10)26-17(19-12)20-14(21)9-25-15-11(16(22)23)4-3-7-18-15/h3-8H,2,9H2,1H3,(H,22,23)(H,19,20,21). The highest BCUT2D eigenvalue weighted by atomic mass is 32.2. The Balaban J connectivity index is 1.65. The minimum atomic E-state index is -1.07. The van der Waals surface area contributed by atoms with Crippen LogP contribution in [0.3, 0.4) is 0 Å². The lowest BCUT2D eigenvalue weighted by Crippen LogP contribution is -2.14. The number of rotatable bonds is 7. The van der Waals surface area contributed by atoms with E-state index in [2.05, 4.69) is 15.3 Å². The van der Waals surface area contributed by atoms with E-state index in [-0.39, 0.29) is 17.2 Å². The van der Waals surface area contributed by atoms with Crippen LogP contribution in [0.4, 0.5) is 5.13 Å². The van der Waals surface area contributed by atoms with Gasteiger partial charge in [-0.2, -0.15) is 0 Å². The predicted molar refractivity (Wildman–Crippen MR) is 101 cm³/mol. The van der Waals surface area contributed by atoms with E-state index in [1.54, 1.807) is 6.07 Å². The lowest BCUT2D eigenvalue weighted by atomic mass is 10.3. The molecular weight excluding hydrogens is 374 g/mol. The maximum atomic E-state index is 12.1. The van der Waals surface area contributed by atoms with Crippen LogP contribution >= 0.6 is 23.1 Å². The molecule has 134 valence electrons. The van der Waals surface area contributed by atoms with Crippen molar-refractivity contribution in [3.8, 4) is 5.75 Å². The van der Waals surface area contributed by atoms with Gasteiger partial charge in [0.05, 0.1) is 28.1 Å². The molecule has 0 aliphatic carbocycles. The first-order valence-electron chi connectivity index (χ1n) is 7.71. The molecule has 26 heavy (non-hydrogen) atoms. The number of carboxylic acid groups (broad SMARTS) is 1. The quantitative estimate of drug-likeness (QED) is 0.596. The number of aromatic nitrogens is 2. The molecule has 0 radical (unpaired) electrons. The van der Waals surface area contributed by atoms with Gasteiger partial charge in [0.2, 0.25) is 5.91 Å². The van der Waals surface area contributed by atoms with Crippen molar-refractivity contribution < 1.29 is 19.4 Å². The summed E-state index contributed by atoms with van der Waals surface area (Å²) in [5.41, 5.74) is 0.855. The predicted octanol–water partition coefficient (Wildman–Crippen LogP) is 3.52. The number of ether oxygens (including phenoxy) is 1. The zero-order chi connectivity index (χ0) is 18.5. The van der Waals surface area contributed by atoms with Gasteiger partial charge in [0.25, 0.3) is 0 Å². The Hall–Kier alpha value is -2.65. The lowest BCUT2D eigenvalue weighted by Gasteiger charge is -2.04. The zero-order valence-electron chi connectivity index (χ0n) is 13.8. The summed E-state index contributed by atoms with van der Waals surface area (Å²) in [5, 5.41) is 12.7. The Morgan fingerprint density at radius 3 is 2.96 bits per heavy atom. The molecule has 0 saturated carbocycles. The van der Waals surface area contributed by atoms with Gasteiger partial charge in [-0.15, -0.1) is 0 Å². The first-order valence-corrected chi connectivity index (χ1v) is 9.51. The molecule has 1 aromatic carbocycles. The summed E-state index contributed by atoms with van der Waals surface area (Å²) >= 11 is 2.42. The summed E-state index contributed by atoms with van der Waals surface area (Å²) in [6.07, 6.45) is 1.50. The number of thioether (sulfide) groups is 1. The fourth-order valence-electron chi connectivity index (χ4n) is 2.17. The number of pyridine rings is 1. The highest BCUT2D eigenvalue weighted by molar-refractivity contribution is 8.00. The second kappa shape index (κ2) is 8.15. The second-order valence-electron chi connectivity index (χ2n) is 5.08. The van der Waals surface area contributed by atoms with Crippen molar-refractivity contribution in [2.45, 2.75) is 11.9 Å². The van der Waals surface area contributed by atoms with E-state index in [1.165, 1.54) is 23.6 Å². The molecular formula is C17H15N3O4S2. The van der Waals surface area contributed by atoms with Crippen LogP contribution in [0, 0.1) is 0 Å². The van der Waals surface area contributed by atoms with Gasteiger partial charge in [-0.1, -0.05) is 23.1 Å². The van der Waals surface area contributed by atoms with E-state index in [1.807, 2.05) is 25.1 Å². The molecule has 0 fully saturated rings. The van der Waals surface area contributed by atoms with Gasteiger partial charge >= 0.3 is 5.97 Å². The topological polar surface area (TPSA) is 101 Å². The highest BCUT2D eigenvalue weighted by Gasteiger charge is 2.14. The maximum absolute atomic E-state index is 12.1. The van der Waals surface area contributed by atoms with Crippen molar-refractivity contribution in [3.05, 3.63) is 42.1 Å². The lowest BCUT2D eigenvalue weighted by molar-refractivity contribution is -0.113. The number of anilines is 1. The Bertz CT molecular complexity index is 958. The fraction of sp³-hybridized carbons (Fsp3) is 0.176. The fourth-order valence-corrected chi connectivity index (χ4v) is 3.87. The van der Waals surface area contributed by atoms with Crippen LogP contribution < -0.4 is 10.1 Å². The maximum Gasteiger partial charge on any atom is 0.338 e. The molecule has 0 saturated heterocycles.